The summed E-state index contributed by atoms with van der Waals surface area (Å²) in [5.41, 5.74) is 1.50. The van der Waals surface area contributed by atoms with E-state index in [1.165, 1.54) is 31.8 Å². The standard InChI is InChI=1S/C20H26O4/c1-10(21)23-16-6-5-14-12-4-3-11-9-15(22)18-19(24-18)17(11)13(12)7-8-20(14,16)2/h9,12-14,16-19H,3-8H2,1-2H3/t12-,13+,14+,16+,17+,18-,19+,20+/m1/s1. The van der Waals surface area contributed by atoms with Crippen molar-refractivity contribution < 1.29 is 19.1 Å². The van der Waals surface area contributed by atoms with Gasteiger partial charge >= 0.3 is 5.97 Å². The third-order valence-corrected chi connectivity index (χ3v) is 7.86. The lowest BCUT2D eigenvalue weighted by molar-refractivity contribution is -0.156. The van der Waals surface area contributed by atoms with Gasteiger partial charge in [0.2, 0.25) is 0 Å². The zero-order valence-corrected chi connectivity index (χ0v) is 14.5. The lowest BCUT2D eigenvalue weighted by Gasteiger charge is -2.53. The molecule has 0 spiro atoms. The molecule has 4 heteroatoms. The number of hydrogen-bond donors (Lipinski definition) is 0. The van der Waals surface area contributed by atoms with E-state index in [9.17, 15) is 9.59 Å². The SMILES string of the molecule is CC(=O)O[C@H]1CC[C@H]2[C@@H]3CCC4=CC(=O)[C@H]5O[C@H]5[C@@H]4[C@H]3CC[C@]12C. The van der Waals surface area contributed by atoms with Gasteiger partial charge in [0, 0.05) is 18.3 Å². The summed E-state index contributed by atoms with van der Waals surface area (Å²) >= 11 is 0. The molecule has 0 aromatic heterocycles. The average molecular weight is 330 g/mol. The summed E-state index contributed by atoms with van der Waals surface area (Å²) in [5.74, 6) is 2.53. The van der Waals surface area contributed by atoms with Gasteiger partial charge in [-0.05, 0) is 62.4 Å². The Labute approximate surface area is 143 Å². The molecule has 3 saturated carbocycles. The Balaban J connectivity index is 1.42. The molecule has 5 aliphatic rings. The highest BCUT2D eigenvalue weighted by Gasteiger charge is 2.62. The van der Waals surface area contributed by atoms with Crippen molar-refractivity contribution in [3.63, 3.8) is 0 Å². The number of epoxide rings is 1. The van der Waals surface area contributed by atoms with E-state index in [-0.39, 0.29) is 35.5 Å². The first-order valence-electron chi connectivity index (χ1n) is 9.56. The normalized spacial score (nSPS) is 51.7. The van der Waals surface area contributed by atoms with Crippen LogP contribution < -0.4 is 0 Å². The number of fused-ring (bicyclic) bond motifs is 7. The van der Waals surface area contributed by atoms with Crippen LogP contribution in [0.25, 0.3) is 0 Å². The largest absolute Gasteiger partial charge is 0.462 e. The van der Waals surface area contributed by atoms with Gasteiger partial charge in [0.25, 0.3) is 0 Å². The van der Waals surface area contributed by atoms with Crippen LogP contribution in [0.3, 0.4) is 0 Å². The highest BCUT2D eigenvalue weighted by molar-refractivity contribution is 5.97. The first kappa shape index (κ1) is 15.1. The summed E-state index contributed by atoms with van der Waals surface area (Å²) in [5, 5.41) is 0. The summed E-state index contributed by atoms with van der Waals surface area (Å²) in [6.45, 7) is 3.88. The third-order valence-electron chi connectivity index (χ3n) is 7.86. The fourth-order valence-electron chi connectivity index (χ4n) is 6.81. The Bertz CT molecular complexity index is 638. The van der Waals surface area contributed by atoms with Gasteiger partial charge in [-0.2, -0.15) is 0 Å². The molecule has 130 valence electrons. The number of esters is 1. The highest BCUT2D eigenvalue weighted by atomic mass is 16.6. The van der Waals surface area contributed by atoms with Crippen LogP contribution in [-0.4, -0.2) is 30.1 Å². The van der Waals surface area contributed by atoms with Gasteiger partial charge in [0.1, 0.15) is 12.2 Å². The van der Waals surface area contributed by atoms with Crippen molar-refractivity contribution >= 4 is 11.8 Å². The Morgan fingerprint density at radius 2 is 2.08 bits per heavy atom. The average Bonchev–Trinajstić information content (AvgIpc) is 3.27. The molecule has 1 aliphatic heterocycles. The van der Waals surface area contributed by atoms with E-state index in [4.69, 9.17) is 9.47 Å². The van der Waals surface area contributed by atoms with E-state index in [1.807, 2.05) is 6.08 Å². The Morgan fingerprint density at radius 3 is 2.88 bits per heavy atom. The van der Waals surface area contributed by atoms with Crippen LogP contribution in [0.5, 0.6) is 0 Å². The van der Waals surface area contributed by atoms with E-state index in [2.05, 4.69) is 6.92 Å². The Morgan fingerprint density at radius 1 is 1.25 bits per heavy atom. The highest BCUT2D eigenvalue weighted by Crippen LogP contribution is 2.63. The number of hydrogen-bond acceptors (Lipinski definition) is 4. The molecular formula is C20H26O4. The first-order chi connectivity index (χ1) is 11.5. The Kier molecular flexibility index (Phi) is 3.11. The molecule has 0 radical (unpaired) electrons. The maximum Gasteiger partial charge on any atom is 0.302 e. The van der Waals surface area contributed by atoms with Gasteiger partial charge in [-0.15, -0.1) is 0 Å². The molecule has 0 aromatic carbocycles. The second-order valence-electron chi connectivity index (χ2n) is 8.86. The minimum absolute atomic E-state index is 0.0933. The van der Waals surface area contributed by atoms with Gasteiger partial charge in [0.05, 0.1) is 6.10 Å². The van der Waals surface area contributed by atoms with Gasteiger partial charge in [0.15, 0.2) is 5.78 Å². The second kappa shape index (κ2) is 4.94. The molecule has 4 aliphatic carbocycles. The zero-order valence-electron chi connectivity index (χ0n) is 14.5. The number of carbonyl (C=O) groups is 2. The van der Waals surface area contributed by atoms with Crippen LogP contribution in [0.4, 0.5) is 0 Å². The molecule has 24 heavy (non-hydrogen) atoms. The maximum absolute atomic E-state index is 12.0. The molecule has 0 N–H and O–H groups in total. The molecule has 0 amide bonds. The predicted octanol–water partition coefficient (Wildman–Crippen LogP) is 3.05. The molecule has 0 unspecified atom stereocenters. The van der Waals surface area contributed by atoms with Gasteiger partial charge < -0.3 is 9.47 Å². The molecule has 0 bridgehead atoms. The van der Waals surface area contributed by atoms with E-state index < -0.39 is 0 Å². The van der Waals surface area contributed by atoms with Crippen molar-refractivity contribution in [3.8, 4) is 0 Å². The van der Waals surface area contributed by atoms with E-state index >= 15 is 0 Å². The fourth-order valence-corrected chi connectivity index (χ4v) is 6.81. The quantitative estimate of drug-likeness (QED) is 0.548. The number of ether oxygens (including phenoxy) is 2. The van der Waals surface area contributed by atoms with Crippen LogP contribution in [0.15, 0.2) is 11.6 Å². The van der Waals surface area contributed by atoms with Crippen LogP contribution in [0.1, 0.15) is 52.4 Å². The number of rotatable bonds is 1. The summed E-state index contributed by atoms with van der Waals surface area (Å²) < 4.78 is 11.4. The molecule has 1 heterocycles. The molecular weight excluding hydrogens is 304 g/mol. The molecule has 5 rings (SSSR count). The van der Waals surface area contributed by atoms with Crippen molar-refractivity contribution in [3.05, 3.63) is 11.6 Å². The fraction of sp³-hybridized carbons (Fsp3) is 0.800. The predicted molar refractivity (Wildman–Crippen MR) is 87.1 cm³/mol. The number of carbonyl (C=O) groups excluding carboxylic acids is 2. The molecule has 1 saturated heterocycles. The lowest BCUT2D eigenvalue weighted by atomic mass is 9.52. The van der Waals surface area contributed by atoms with Gasteiger partial charge in [-0.1, -0.05) is 12.5 Å². The van der Waals surface area contributed by atoms with E-state index in [1.54, 1.807) is 0 Å². The minimum atomic E-state index is -0.141. The monoisotopic (exact) mass is 330 g/mol. The van der Waals surface area contributed by atoms with Crippen molar-refractivity contribution in [1.82, 2.24) is 0 Å². The van der Waals surface area contributed by atoms with E-state index in [0.29, 0.717) is 23.7 Å². The molecule has 4 fully saturated rings. The summed E-state index contributed by atoms with van der Waals surface area (Å²) in [7, 11) is 0. The van der Waals surface area contributed by atoms with Crippen LogP contribution in [0.2, 0.25) is 0 Å². The maximum atomic E-state index is 12.0. The smallest absolute Gasteiger partial charge is 0.302 e. The minimum Gasteiger partial charge on any atom is -0.462 e. The van der Waals surface area contributed by atoms with Crippen molar-refractivity contribution in [1.29, 1.82) is 0 Å². The summed E-state index contributed by atoms with van der Waals surface area (Å²) in [6, 6.07) is 0. The first-order valence-corrected chi connectivity index (χ1v) is 9.56. The van der Waals surface area contributed by atoms with Gasteiger partial charge in [-0.25, -0.2) is 0 Å². The zero-order chi connectivity index (χ0) is 16.6. The van der Waals surface area contributed by atoms with Crippen molar-refractivity contribution in [2.45, 2.75) is 70.7 Å². The second-order valence-corrected chi connectivity index (χ2v) is 8.86. The van der Waals surface area contributed by atoms with Gasteiger partial charge in [-0.3, -0.25) is 9.59 Å². The summed E-state index contributed by atoms with van der Waals surface area (Å²) in [6.07, 6.45) is 8.76. The van der Waals surface area contributed by atoms with Crippen molar-refractivity contribution in [2.75, 3.05) is 0 Å². The Hall–Kier alpha value is -1.16. The molecule has 4 nitrogen and oxygen atoms in total. The number of ketones is 1. The van der Waals surface area contributed by atoms with Crippen LogP contribution in [-0.2, 0) is 19.1 Å². The summed E-state index contributed by atoms with van der Waals surface area (Å²) in [4.78, 5) is 23.5. The van der Waals surface area contributed by atoms with E-state index in [0.717, 1.165) is 19.3 Å². The van der Waals surface area contributed by atoms with Crippen molar-refractivity contribution in [2.24, 2.45) is 29.1 Å². The lowest BCUT2D eigenvalue weighted by Crippen LogP contribution is -2.49. The topological polar surface area (TPSA) is 55.9 Å². The molecule has 0 aromatic rings. The van der Waals surface area contributed by atoms with Crippen LogP contribution >= 0.6 is 0 Å². The molecule has 8 atom stereocenters. The third kappa shape index (κ3) is 1.95. The van der Waals surface area contributed by atoms with Crippen LogP contribution in [0, 0.1) is 29.1 Å².